The summed E-state index contributed by atoms with van der Waals surface area (Å²) >= 11 is 1.43. The van der Waals surface area contributed by atoms with Gasteiger partial charge in [-0.2, -0.15) is 0 Å². The van der Waals surface area contributed by atoms with E-state index in [0.29, 0.717) is 28.7 Å². The molecule has 2 N–H and O–H groups in total. The van der Waals surface area contributed by atoms with Crippen LogP contribution in [0.15, 0.2) is 58.3 Å². The van der Waals surface area contributed by atoms with Crippen LogP contribution in [0.1, 0.15) is 54.9 Å². The number of hydrogen-bond donors (Lipinski definition) is 2. The number of nitrogens with one attached hydrogen (secondary N) is 2. The van der Waals surface area contributed by atoms with Crippen LogP contribution in [0.5, 0.6) is 0 Å². The van der Waals surface area contributed by atoms with Crippen LogP contribution in [-0.2, 0) is 4.79 Å². The molecule has 168 valence electrons. The number of likely N-dealkylation sites (tertiary alicyclic amines) is 1. The largest absolute Gasteiger partial charge is 0.352 e. The van der Waals surface area contributed by atoms with Crippen LogP contribution in [0.2, 0.25) is 0 Å². The number of thioether (sulfide) groups is 1. The topological polar surface area (TPSA) is 61.4 Å². The van der Waals surface area contributed by atoms with Crippen molar-refractivity contribution in [3.8, 4) is 0 Å². The number of nitrogens with zero attached hydrogens (tertiary/aromatic N) is 1. The Bertz CT molecular complexity index is 990. The van der Waals surface area contributed by atoms with E-state index >= 15 is 0 Å². The Kier molecular flexibility index (Phi) is 7.66. The van der Waals surface area contributed by atoms with Gasteiger partial charge in [0.1, 0.15) is 0 Å². The third-order valence-corrected chi connectivity index (χ3v) is 7.26. The second kappa shape index (κ2) is 10.8. The van der Waals surface area contributed by atoms with Gasteiger partial charge in [0.25, 0.3) is 11.8 Å². The highest BCUT2D eigenvalue weighted by Crippen LogP contribution is 2.39. The molecule has 1 atom stereocenters. The van der Waals surface area contributed by atoms with E-state index in [-0.39, 0.29) is 11.8 Å². The van der Waals surface area contributed by atoms with Gasteiger partial charge in [0.15, 0.2) is 0 Å². The molecule has 1 fully saturated rings. The third-order valence-electron chi connectivity index (χ3n) is 6.16. The highest BCUT2D eigenvalue weighted by Gasteiger charge is 2.23. The predicted molar refractivity (Wildman–Crippen MR) is 132 cm³/mol. The zero-order valence-corrected chi connectivity index (χ0v) is 19.4. The van der Waals surface area contributed by atoms with Crippen LogP contribution in [0.25, 0.3) is 6.08 Å². The average Bonchev–Trinajstić information content (AvgIpc) is 2.82. The zero-order valence-electron chi connectivity index (χ0n) is 18.6. The molecule has 0 aliphatic carbocycles. The van der Waals surface area contributed by atoms with Gasteiger partial charge in [0.05, 0.1) is 10.6 Å². The van der Waals surface area contributed by atoms with Crippen molar-refractivity contribution in [3.63, 3.8) is 0 Å². The lowest BCUT2D eigenvalue weighted by Gasteiger charge is -2.35. The van der Waals surface area contributed by atoms with E-state index in [2.05, 4.69) is 22.5 Å². The van der Waals surface area contributed by atoms with E-state index in [0.717, 1.165) is 23.4 Å². The van der Waals surface area contributed by atoms with Gasteiger partial charge in [0.2, 0.25) is 0 Å². The van der Waals surface area contributed by atoms with E-state index in [4.69, 9.17) is 0 Å². The van der Waals surface area contributed by atoms with Crippen molar-refractivity contribution in [2.24, 2.45) is 0 Å². The number of anilines is 1. The molecule has 2 amide bonds. The number of hydrogen-bond acceptors (Lipinski definition) is 4. The number of amides is 2. The summed E-state index contributed by atoms with van der Waals surface area (Å²) in [5.41, 5.74) is 2.25. The predicted octanol–water partition coefficient (Wildman–Crippen LogP) is 5.16. The summed E-state index contributed by atoms with van der Waals surface area (Å²) < 4.78 is 0. The number of fused-ring (bicyclic) bond motifs is 1. The maximum atomic E-state index is 12.6. The molecular weight excluding hydrogens is 418 g/mol. The van der Waals surface area contributed by atoms with E-state index in [1.807, 2.05) is 48.5 Å². The summed E-state index contributed by atoms with van der Waals surface area (Å²) in [5, 5.41) is 5.97. The molecule has 1 saturated heterocycles. The second-order valence-corrected chi connectivity index (χ2v) is 9.47. The molecule has 4 rings (SSSR count). The van der Waals surface area contributed by atoms with Gasteiger partial charge in [-0.05, 0) is 62.1 Å². The van der Waals surface area contributed by atoms with Crippen LogP contribution in [0.4, 0.5) is 5.69 Å². The molecule has 2 heterocycles. The van der Waals surface area contributed by atoms with Gasteiger partial charge in [-0.1, -0.05) is 55.4 Å². The molecule has 0 saturated carbocycles. The minimum Gasteiger partial charge on any atom is -0.352 e. The quantitative estimate of drug-likeness (QED) is 0.453. The molecule has 6 heteroatoms. The SMILES string of the molecule is CC[C@H]1CCCCN1CCCNC(=O)c1ccc2c(c1)NC(=O)/C(=C/c1ccccc1)S2. The number of rotatable bonds is 7. The number of carbonyl (C=O) groups excluding carboxylic acids is 2. The van der Waals surface area contributed by atoms with Crippen molar-refractivity contribution < 1.29 is 9.59 Å². The Hall–Kier alpha value is -2.57. The molecule has 2 aliphatic heterocycles. The molecule has 0 unspecified atom stereocenters. The lowest BCUT2D eigenvalue weighted by molar-refractivity contribution is -0.112. The minimum atomic E-state index is -0.143. The number of piperidine rings is 1. The van der Waals surface area contributed by atoms with Crippen molar-refractivity contribution in [3.05, 3.63) is 64.6 Å². The summed E-state index contributed by atoms with van der Waals surface area (Å²) in [6.07, 6.45) is 7.95. The molecular formula is C26H31N3O2S. The van der Waals surface area contributed by atoms with Crippen molar-refractivity contribution in [1.29, 1.82) is 0 Å². The first-order valence-electron chi connectivity index (χ1n) is 11.6. The van der Waals surface area contributed by atoms with Gasteiger partial charge >= 0.3 is 0 Å². The lowest BCUT2D eigenvalue weighted by Crippen LogP contribution is -2.40. The minimum absolute atomic E-state index is 0.0941. The van der Waals surface area contributed by atoms with Crippen molar-refractivity contribution in [2.75, 3.05) is 25.0 Å². The molecule has 0 radical (unpaired) electrons. The Morgan fingerprint density at radius 3 is 2.88 bits per heavy atom. The Balaban J connectivity index is 1.32. The Morgan fingerprint density at radius 1 is 1.22 bits per heavy atom. The first kappa shape index (κ1) is 22.6. The smallest absolute Gasteiger partial charge is 0.262 e. The van der Waals surface area contributed by atoms with Crippen LogP contribution in [0, 0.1) is 0 Å². The first-order chi connectivity index (χ1) is 15.6. The summed E-state index contributed by atoms with van der Waals surface area (Å²) in [7, 11) is 0. The third kappa shape index (κ3) is 5.61. The Morgan fingerprint density at radius 2 is 2.06 bits per heavy atom. The zero-order chi connectivity index (χ0) is 22.3. The normalized spacial score (nSPS) is 20.0. The van der Waals surface area contributed by atoms with Crippen molar-refractivity contribution in [1.82, 2.24) is 10.2 Å². The molecule has 0 aromatic heterocycles. The molecule has 2 aromatic rings. The van der Waals surface area contributed by atoms with Gasteiger partial charge in [0, 0.05) is 29.6 Å². The number of carbonyl (C=O) groups is 2. The standard InChI is InChI=1S/C26H31N3O2S/c1-2-21-11-6-7-15-29(21)16-8-14-27-25(30)20-12-13-23-22(18-20)28-26(31)24(32-23)17-19-9-4-3-5-10-19/h3-5,9-10,12-13,17-18,21H,2,6-8,11,14-16H2,1H3,(H,27,30)(H,28,31)/b24-17-/t21-/m0/s1. The van der Waals surface area contributed by atoms with E-state index in [1.54, 1.807) is 6.07 Å². The lowest BCUT2D eigenvalue weighted by atomic mass is 10.00. The molecule has 0 bridgehead atoms. The van der Waals surface area contributed by atoms with E-state index in [9.17, 15) is 9.59 Å². The molecule has 2 aromatic carbocycles. The Labute approximate surface area is 194 Å². The average molecular weight is 450 g/mol. The maximum Gasteiger partial charge on any atom is 0.262 e. The maximum absolute atomic E-state index is 12.6. The highest BCUT2D eigenvalue weighted by molar-refractivity contribution is 8.04. The van der Waals surface area contributed by atoms with Crippen molar-refractivity contribution in [2.45, 2.75) is 50.0 Å². The fourth-order valence-electron chi connectivity index (χ4n) is 4.41. The van der Waals surface area contributed by atoms with Crippen molar-refractivity contribution >= 4 is 35.3 Å². The molecule has 0 spiro atoms. The van der Waals surface area contributed by atoms with Crippen LogP contribution >= 0.6 is 11.8 Å². The van der Waals surface area contributed by atoms with Gasteiger partial charge < -0.3 is 15.5 Å². The summed E-state index contributed by atoms with van der Waals surface area (Å²) in [6.45, 7) is 5.13. The first-order valence-corrected chi connectivity index (χ1v) is 12.4. The number of benzene rings is 2. The summed E-state index contributed by atoms with van der Waals surface area (Å²) in [5.74, 6) is -0.237. The second-order valence-electron chi connectivity index (χ2n) is 8.39. The van der Waals surface area contributed by atoms with Crippen LogP contribution < -0.4 is 10.6 Å². The highest BCUT2D eigenvalue weighted by atomic mass is 32.2. The fraction of sp³-hybridized carbons (Fsp3) is 0.385. The molecule has 2 aliphatic rings. The van der Waals surface area contributed by atoms with E-state index < -0.39 is 0 Å². The van der Waals surface area contributed by atoms with Crippen LogP contribution in [0.3, 0.4) is 0 Å². The van der Waals surface area contributed by atoms with Crippen LogP contribution in [-0.4, -0.2) is 42.4 Å². The van der Waals surface area contributed by atoms with Gasteiger partial charge in [-0.3, -0.25) is 9.59 Å². The molecule has 5 nitrogen and oxygen atoms in total. The van der Waals surface area contributed by atoms with E-state index in [1.165, 1.54) is 44.0 Å². The summed E-state index contributed by atoms with van der Waals surface area (Å²) in [6, 6.07) is 16.0. The monoisotopic (exact) mass is 449 g/mol. The van der Waals surface area contributed by atoms with Gasteiger partial charge in [-0.15, -0.1) is 0 Å². The fourth-order valence-corrected chi connectivity index (χ4v) is 5.34. The van der Waals surface area contributed by atoms with Gasteiger partial charge in [-0.25, -0.2) is 0 Å². The summed E-state index contributed by atoms with van der Waals surface area (Å²) in [4.78, 5) is 29.3. The molecule has 32 heavy (non-hydrogen) atoms.